The molecule has 2 aromatic heterocycles. The van der Waals surface area contributed by atoms with E-state index in [1.807, 2.05) is 19.9 Å². The smallest absolute Gasteiger partial charge is 0.123 e. The molecule has 0 saturated heterocycles. The van der Waals surface area contributed by atoms with Gasteiger partial charge in [-0.2, -0.15) is 0 Å². The summed E-state index contributed by atoms with van der Waals surface area (Å²) < 4.78 is 7.89. The Morgan fingerprint density at radius 1 is 1.26 bits per heavy atom. The van der Waals surface area contributed by atoms with Crippen molar-refractivity contribution < 1.29 is 4.42 Å². The Balaban J connectivity index is 0.00000192. The number of hydrogen-bond acceptors (Lipinski definition) is 3. The van der Waals surface area contributed by atoms with Crippen LogP contribution in [0.1, 0.15) is 42.8 Å². The van der Waals surface area contributed by atoms with Gasteiger partial charge in [0.15, 0.2) is 0 Å². The monoisotopic (exact) mass is 333 g/mol. The van der Waals surface area contributed by atoms with E-state index >= 15 is 0 Å². The molecule has 1 unspecified atom stereocenters. The first-order valence-corrected chi connectivity index (χ1v) is 7.84. The van der Waals surface area contributed by atoms with Gasteiger partial charge in [0, 0.05) is 18.2 Å². The number of hydrogen-bond donors (Lipinski definition) is 1. The van der Waals surface area contributed by atoms with Crippen LogP contribution in [0.2, 0.25) is 0 Å². The maximum atomic E-state index is 5.62. The number of furan rings is 1. The second-order valence-electron chi connectivity index (χ2n) is 5.73. The summed E-state index contributed by atoms with van der Waals surface area (Å²) in [5.41, 5.74) is 3.48. The minimum absolute atomic E-state index is 0. The predicted octanol–water partition coefficient (Wildman–Crippen LogP) is 4.54. The highest BCUT2D eigenvalue weighted by molar-refractivity contribution is 5.85. The maximum Gasteiger partial charge on any atom is 0.123 e. The lowest BCUT2D eigenvalue weighted by atomic mass is 10.1. The zero-order valence-corrected chi connectivity index (χ0v) is 14.9. The molecule has 0 amide bonds. The molecule has 23 heavy (non-hydrogen) atoms. The molecular weight excluding hydrogens is 310 g/mol. The number of imidazole rings is 1. The number of fused-ring (bicyclic) bond motifs is 1. The topological polar surface area (TPSA) is 43.0 Å². The summed E-state index contributed by atoms with van der Waals surface area (Å²) in [5, 5.41) is 3.56. The highest BCUT2D eigenvalue weighted by atomic mass is 35.5. The van der Waals surface area contributed by atoms with Crippen LogP contribution in [0.25, 0.3) is 11.0 Å². The van der Waals surface area contributed by atoms with Gasteiger partial charge >= 0.3 is 0 Å². The van der Waals surface area contributed by atoms with Gasteiger partial charge in [-0.05, 0) is 45.9 Å². The molecule has 124 valence electrons. The molecule has 5 heteroatoms. The maximum absolute atomic E-state index is 5.62. The molecule has 1 N–H and O–H groups in total. The minimum atomic E-state index is 0. The van der Waals surface area contributed by atoms with E-state index in [1.54, 1.807) is 0 Å². The number of nitrogens with zero attached hydrogens (tertiary/aromatic N) is 2. The van der Waals surface area contributed by atoms with Gasteiger partial charge in [-0.1, -0.05) is 12.1 Å². The van der Waals surface area contributed by atoms with E-state index in [4.69, 9.17) is 9.40 Å². The Morgan fingerprint density at radius 3 is 2.65 bits per heavy atom. The Labute approximate surface area is 143 Å². The summed E-state index contributed by atoms with van der Waals surface area (Å²) in [4.78, 5) is 4.75. The lowest BCUT2D eigenvalue weighted by molar-refractivity contribution is 0.486. The van der Waals surface area contributed by atoms with Gasteiger partial charge in [-0.25, -0.2) is 4.98 Å². The Hall–Kier alpha value is -1.78. The number of para-hydroxylation sites is 2. The molecule has 3 rings (SSSR count). The van der Waals surface area contributed by atoms with E-state index in [1.165, 1.54) is 11.1 Å². The summed E-state index contributed by atoms with van der Waals surface area (Å²) in [6, 6.07) is 10.6. The first-order chi connectivity index (χ1) is 10.6. The molecule has 0 aliphatic carbocycles. The number of halogens is 1. The number of aryl methyl sites for hydroxylation is 3. The predicted molar refractivity (Wildman–Crippen MR) is 96.1 cm³/mol. The van der Waals surface area contributed by atoms with Crippen molar-refractivity contribution >= 4 is 23.4 Å². The SMILES string of the molecule is CCn1c(CNC(C)c2cc(C)oc2C)nc2ccccc21.Cl. The molecule has 1 aromatic carbocycles. The molecule has 0 spiro atoms. The summed E-state index contributed by atoms with van der Waals surface area (Å²) in [6.45, 7) is 9.99. The number of benzene rings is 1. The molecule has 0 saturated carbocycles. The molecular formula is C18H24ClN3O. The van der Waals surface area contributed by atoms with Gasteiger partial charge in [0.05, 0.1) is 17.6 Å². The van der Waals surface area contributed by atoms with Gasteiger partial charge in [0.1, 0.15) is 17.3 Å². The third kappa shape index (κ3) is 3.43. The molecule has 0 bridgehead atoms. The third-order valence-electron chi connectivity index (χ3n) is 4.16. The van der Waals surface area contributed by atoms with E-state index in [2.05, 4.69) is 48.0 Å². The molecule has 0 aliphatic heterocycles. The zero-order valence-electron chi connectivity index (χ0n) is 14.1. The summed E-state index contributed by atoms with van der Waals surface area (Å²) in [5.74, 6) is 3.02. The fourth-order valence-electron chi connectivity index (χ4n) is 3.05. The first-order valence-electron chi connectivity index (χ1n) is 7.84. The van der Waals surface area contributed by atoms with Crippen LogP contribution in [0.15, 0.2) is 34.7 Å². The van der Waals surface area contributed by atoms with Crippen molar-refractivity contribution in [1.29, 1.82) is 0 Å². The van der Waals surface area contributed by atoms with Crippen molar-refractivity contribution in [2.75, 3.05) is 0 Å². The van der Waals surface area contributed by atoms with Gasteiger partial charge in [0.25, 0.3) is 0 Å². The second kappa shape index (κ2) is 7.20. The van der Waals surface area contributed by atoms with Crippen molar-refractivity contribution in [3.8, 4) is 0 Å². The van der Waals surface area contributed by atoms with Crippen molar-refractivity contribution in [3.63, 3.8) is 0 Å². The van der Waals surface area contributed by atoms with E-state index in [-0.39, 0.29) is 18.4 Å². The van der Waals surface area contributed by atoms with E-state index in [0.717, 1.165) is 36.0 Å². The van der Waals surface area contributed by atoms with Gasteiger partial charge in [-0.15, -0.1) is 12.4 Å². The van der Waals surface area contributed by atoms with Crippen LogP contribution in [-0.2, 0) is 13.1 Å². The third-order valence-corrected chi connectivity index (χ3v) is 4.16. The number of nitrogens with one attached hydrogen (secondary N) is 1. The molecule has 4 nitrogen and oxygen atoms in total. The van der Waals surface area contributed by atoms with Crippen molar-refractivity contribution in [2.24, 2.45) is 0 Å². The number of aromatic nitrogens is 2. The molecule has 0 radical (unpaired) electrons. The van der Waals surface area contributed by atoms with Crippen LogP contribution in [0.3, 0.4) is 0 Å². The Kier molecular flexibility index (Phi) is 5.50. The summed E-state index contributed by atoms with van der Waals surface area (Å²) >= 11 is 0. The second-order valence-corrected chi connectivity index (χ2v) is 5.73. The fourth-order valence-corrected chi connectivity index (χ4v) is 3.05. The highest BCUT2D eigenvalue weighted by Crippen LogP contribution is 2.22. The fraction of sp³-hybridized carbons (Fsp3) is 0.389. The standard InChI is InChI=1S/C18H23N3O.ClH/c1-5-21-17-9-7-6-8-16(17)20-18(21)11-19-13(3)15-10-12(2)22-14(15)4;/h6-10,13,19H,5,11H2,1-4H3;1H. The highest BCUT2D eigenvalue weighted by Gasteiger charge is 2.14. The van der Waals surface area contributed by atoms with Crippen LogP contribution in [0.5, 0.6) is 0 Å². The molecule has 1 atom stereocenters. The molecule has 3 aromatic rings. The summed E-state index contributed by atoms with van der Waals surface area (Å²) in [7, 11) is 0. The minimum Gasteiger partial charge on any atom is -0.466 e. The normalized spacial score (nSPS) is 12.3. The van der Waals surface area contributed by atoms with Crippen LogP contribution in [-0.4, -0.2) is 9.55 Å². The lowest BCUT2D eigenvalue weighted by Crippen LogP contribution is -2.20. The Morgan fingerprint density at radius 2 is 2.00 bits per heavy atom. The molecule has 2 heterocycles. The average molecular weight is 334 g/mol. The van der Waals surface area contributed by atoms with Crippen LogP contribution in [0, 0.1) is 13.8 Å². The van der Waals surface area contributed by atoms with Crippen molar-refractivity contribution in [1.82, 2.24) is 14.9 Å². The first kappa shape index (κ1) is 17.6. The van der Waals surface area contributed by atoms with Gasteiger partial charge < -0.3 is 14.3 Å². The molecule has 0 aliphatic rings. The van der Waals surface area contributed by atoms with E-state index in [9.17, 15) is 0 Å². The van der Waals surface area contributed by atoms with Crippen LogP contribution in [0.4, 0.5) is 0 Å². The quantitative estimate of drug-likeness (QED) is 0.745. The van der Waals surface area contributed by atoms with E-state index in [0.29, 0.717) is 0 Å². The average Bonchev–Trinajstić information content (AvgIpc) is 3.03. The van der Waals surface area contributed by atoms with Crippen molar-refractivity contribution in [3.05, 3.63) is 53.2 Å². The lowest BCUT2D eigenvalue weighted by Gasteiger charge is -2.13. The van der Waals surface area contributed by atoms with Gasteiger partial charge in [0.2, 0.25) is 0 Å². The Bertz CT molecular complexity index is 791. The van der Waals surface area contributed by atoms with E-state index < -0.39 is 0 Å². The number of rotatable bonds is 5. The van der Waals surface area contributed by atoms with Crippen molar-refractivity contribution in [2.45, 2.75) is 46.8 Å². The zero-order chi connectivity index (χ0) is 15.7. The van der Waals surface area contributed by atoms with Crippen LogP contribution >= 0.6 is 12.4 Å². The summed E-state index contributed by atoms with van der Waals surface area (Å²) in [6.07, 6.45) is 0. The largest absolute Gasteiger partial charge is 0.466 e. The molecule has 0 fully saturated rings. The van der Waals surface area contributed by atoms with Gasteiger partial charge in [-0.3, -0.25) is 0 Å². The van der Waals surface area contributed by atoms with Crippen LogP contribution < -0.4 is 5.32 Å².